The van der Waals surface area contributed by atoms with Gasteiger partial charge in [-0.3, -0.25) is 0 Å². The van der Waals surface area contributed by atoms with Crippen LogP contribution >= 0.6 is 0 Å². The van der Waals surface area contributed by atoms with E-state index in [1.165, 1.54) is 6.33 Å². The normalized spacial score (nSPS) is 10.5. The number of aliphatic hydroxyl groups is 1. The Hall–Kier alpha value is -3.34. The fourth-order valence-electron chi connectivity index (χ4n) is 2.60. The summed E-state index contributed by atoms with van der Waals surface area (Å²) in [6, 6.07) is 11.1. The average molecular weight is 385 g/mol. The van der Waals surface area contributed by atoms with E-state index in [9.17, 15) is 0 Å². The molecule has 3 rings (SSSR count). The smallest absolute Gasteiger partial charge is 0.163 e. The molecule has 0 saturated carbocycles. The Bertz CT molecular complexity index is 985. The van der Waals surface area contributed by atoms with E-state index in [4.69, 9.17) is 25.7 Å². The van der Waals surface area contributed by atoms with Crippen molar-refractivity contribution < 1.29 is 19.3 Å². The maximum atomic E-state index is 9.11. The van der Waals surface area contributed by atoms with E-state index in [-0.39, 0.29) is 13.2 Å². The third-order valence-corrected chi connectivity index (χ3v) is 3.89. The van der Waals surface area contributed by atoms with E-state index in [1.54, 1.807) is 19.2 Å². The minimum atomic E-state index is -0.106. The predicted molar refractivity (Wildman–Crippen MR) is 107 cm³/mol. The summed E-state index contributed by atoms with van der Waals surface area (Å²) < 4.78 is 16.4. The molecule has 2 aromatic carbocycles. The van der Waals surface area contributed by atoms with Gasteiger partial charge in [-0.1, -0.05) is 12.0 Å². The van der Waals surface area contributed by atoms with Crippen LogP contribution in [0.2, 0.25) is 0 Å². The monoisotopic (exact) mass is 385 g/mol. The zero-order valence-electron chi connectivity index (χ0n) is 15.5. The van der Waals surface area contributed by atoms with Crippen molar-refractivity contribution in [3.8, 4) is 23.8 Å². The first-order valence-corrected chi connectivity index (χ1v) is 8.73. The van der Waals surface area contributed by atoms with Crippen molar-refractivity contribution in [1.82, 2.24) is 9.97 Å². The van der Waals surface area contributed by atoms with E-state index in [0.29, 0.717) is 36.0 Å². The maximum absolute atomic E-state index is 9.11. The van der Waals surface area contributed by atoms with Crippen LogP contribution < -0.4 is 14.8 Å². The highest BCUT2D eigenvalue weighted by atomic mass is 16.5. The minimum absolute atomic E-state index is 0.106. The van der Waals surface area contributed by atoms with Gasteiger partial charge in [0.25, 0.3) is 0 Å². The number of terminal acetylenes is 1. The molecule has 0 radical (unpaired) electrons. The van der Waals surface area contributed by atoms with Crippen molar-refractivity contribution in [2.45, 2.75) is 0 Å². The van der Waals surface area contributed by atoms with Crippen LogP contribution in [0, 0.1) is 12.3 Å². The molecule has 7 heteroatoms. The molecule has 28 heavy (non-hydrogen) atoms. The second-order valence-corrected chi connectivity index (χ2v) is 5.80. The lowest BCUT2D eigenvalue weighted by Crippen LogP contribution is -2.08. The van der Waals surface area contributed by atoms with Crippen molar-refractivity contribution >= 4 is 22.4 Å². The van der Waals surface area contributed by atoms with Gasteiger partial charge in [-0.15, -0.1) is 6.42 Å². The number of benzene rings is 2. The second kappa shape index (κ2) is 9.55. The number of fused-ring (bicyclic) bond motifs is 1. The number of methoxy groups -OCH3 is 1. The fourth-order valence-corrected chi connectivity index (χ4v) is 2.60. The summed E-state index contributed by atoms with van der Waals surface area (Å²) in [5.74, 6) is 4.24. The lowest BCUT2D eigenvalue weighted by atomic mass is 10.2. The highest BCUT2D eigenvalue weighted by Crippen LogP contribution is 2.35. The minimum Gasteiger partial charge on any atom is -0.487 e. The van der Waals surface area contributed by atoms with Gasteiger partial charge in [0, 0.05) is 29.8 Å². The maximum Gasteiger partial charge on any atom is 0.163 e. The molecule has 1 aromatic heterocycles. The van der Waals surface area contributed by atoms with E-state index in [2.05, 4.69) is 21.2 Å². The molecule has 0 aliphatic rings. The molecule has 1 heterocycles. The summed E-state index contributed by atoms with van der Waals surface area (Å²) in [4.78, 5) is 8.67. The zero-order valence-corrected chi connectivity index (χ0v) is 15.5. The number of aliphatic hydroxyl groups excluding tert-OH is 1. The Morgan fingerprint density at radius 3 is 2.68 bits per heavy atom. The van der Waals surface area contributed by atoms with Crippen LogP contribution in [0.15, 0.2) is 42.7 Å². The quantitative estimate of drug-likeness (QED) is 0.433. The topological polar surface area (TPSA) is 85.7 Å². The Morgan fingerprint density at radius 1 is 1.07 bits per heavy atom. The summed E-state index contributed by atoms with van der Waals surface area (Å²) in [6.07, 6.45) is 6.95. The second-order valence-electron chi connectivity index (χ2n) is 5.80. The highest BCUT2D eigenvalue weighted by molar-refractivity contribution is 5.93. The molecule has 2 N–H and O–H groups in total. The molecule has 0 unspecified atom stereocenters. The molecule has 144 valence electrons. The number of aromatic nitrogens is 2. The number of nitrogens with zero attached hydrogens (tertiary/aromatic N) is 2. The highest BCUT2D eigenvalue weighted by Gasteiger charge is 2.13. The van der Waals surface area contributed by atoms with Gasteiger partial charge in [-0.05, 0) is 24.3 Å². The molecule has 0 bridgehead atoms. The molecule has 0 fully saturated rings. The molecule has 0 aliphatic carbocycles. The molecule has 3 aromatic rings. The number of anilines is 2. The van der Waals surface area contributed by atoms with Crippen molar-refractivity contribution in [2.75, 3.05) is 38.9 Å². The van der Waals surface area contributed by atoms with E-state index >= 15 is 0 Å². The summed E-state index contributed by atoms with van der Waals surface area (Å²) in [7, 11) is 1.60. The van der Waals surface area contributed by atoms with Crippen LogP contribution in [0.3, 0.4) is 0 Å². The third-order valence-electron chi connectivity index (χ3n) is 3.89. The summed E-state index contributed by atoms with van der Waals surface area (Å²) in [5.41, 5.74) is 2.27. The van der Waals surface area contributed by atoms with Crippen molar-refractivity contribution in [2.24, 2.45) is 0 Å². The molecule has 0 aliphatic heterocycles. The Balaban J connectivity index is 1.98. The third kappa shape index (κ3) is 4.68. The van der Waals surface area contributed by atoms with Gasteiger partial charge in [-0.25, -0.2) is 9.97 Å². The van der Waals surface area contributed by atoms with Crippen molar-refractivity contribution in [3.05, 3.63) is 48.3 Å². The molecule has 0 amide bonds. The molecule has 7 nitrogen and oxygen atoms in total. The standard InChI is InChI=1S/C21H21N3O4/c1-3-15-5-4-6-16(11-15)24-21-17-12-19(27-8-7-25)20(28-10-9-26-2)13-18(17)22-14-23-21/h1,4-6,11-14,25H,7-10H2,2H3,(H,22,23,24)/i4+1,5+1,6+1,11+1,15+1,16+1. The van der Waals surface area contributed by atoms with Crippen LogP contribution in [0.25, 0.3) is 10.9 Å². The first kappa shape index (κ1) is 19.4. The van der Waals surface area contributed by atoms with Crippen LogP contribution in [0.1, 0.15) is 5.56 Å². The van der Waals surface area contributed by atoms with E-state index in [1.807, 2.05) is 24.3 Å². The van der Waals surface area contributed by atoms with Crippen molar-refractivity contribution in [1.29, 1.82) is 0 Å². The lowest BCUT2D eigenvalue weighted by Gasteiger charge is -2.15. The van der Waals surface area contributed by atoms with Crippen LogP contribution in [0.4, 0.5) is 11.5 Å². The Morgan fingerprint density at radius 2 is 1.89 bits per heavy atom. The molecular formula is C21H21N3O4. The molecule has 0 spiro atoms. The SMILES string of the molecule is C#C[13c]1[13cH][13cH][13cH][13c](Nc2ncnc3cc(OCCOC)c(OCCO)cc23)[13cH]1. The van der Waals surface area contributed by atoms with E-state index < -0.39 is 0 Å². The number of hydrogen-bond acceptors (Lipinski definition) is 7. The predicted octanol–water partition coefficient (Wildman–Crippen LogP) is 2.75. The van der Waals surface area contributed by atoms with Gasteiger partial charge in [0.05, 0.1) is 18.7 Å². The summed E-state index contributed by atoms with van der Waals surface area (Å²) in [6.45, 7) is 0.851. The zero-order chi connectivity index (χ0) is 19.8. The molecular weight excluding hydrogens is 364 g/mol. The molecule has 0 atom stereocenters. The first-order chi connectivity index (χ1) is 13.7. The van der Waals surface area contributed by atoms with Crippen LogP contribution in [0.5, 0.6) is 11.5 Å². The van der Waals surface area contributed by atoms with Gasteiger partial charge in [0.1, 0.15) is 25.4 Å². The van der Waals surface area contributed by atoms with Gasteiger partial charge in [0.2, 0.25) is 0 Å². The number of nitrogens with one attached hydrogen (secondary N) is 1. The molecule has 0 saturated heterocycles. The first-order valence-electron chi connectivity index (χ1n) is 8.73. The van der Waals surface area contributed by atoms with Gasteiger partial charge >= 0.3 is 0 Å². The lowest BCUT2D eigenvalue weighted by molar-refractivity contribution is 0.141. The number of rotatable bonds is 9. The van der Waals surface area contributed by atoms with Crippen LogP contribution in [-0.4, -0.2) is 48.6 Å². The van der Waals surface area contributed by atoms with E-state index in [0.717, 1.165) is 16.6 Å². The van der Waals surface area contributed by atoms with Gasteiger partial charge in [-0.2, -0.15) is 0 Å². The van der Waals surface area contributed by atoms with Gasteiger partial charge in [0.15, 0.2) is 11.5 Å². The summed E-state index contributed by atoms with van der Waals surface area (Å²) >= 11 is 0. The Kier molecular flexibility index (Phi) is 6.63. The van der Waals surface area contributed by atoms with Gasteiger partial charge < -0.3 is 24.6 Å². The Labute approximate surface area is 163 Å². The largest absolute Gasteiger partial charge is 0.487 e. The number of hydrogen-bond donors (Lipinski definition) is 2. The average Bonchev–Trinajstić information content (AvgIpc) is 2.73. The van der Waals surface area contributed by atoms with Crippen LogP contribution in [-0.2, 0) is 4.74 Å². The summed E-state index contributed by atoms with van der Waals surface area (Å²) in [5, 5.41) is 13.1. The fraction of sp³-hybridized carbons (Fsp3) is 0.238. The van der Waals surface area contributed by atoms with Crippen molar-refractivity contribution in [3.63, 3.8) is 0 Å². The number of ether oxygens (including phenoxy) is 3.